The van der Waals surface area contributed by atoms with Crippen LogP contribution < -0.4 is 0 Å². The summed E-state index contributed by atoms with van der Waals surface area (Å²) >= 11 is 2.85. The van der Waals surface area contributed by atoms with Crippen LogP contribution in [0.1, 0.15) is 10.4 Å². The Kier molecular flexibility index (Phi) is 3.23. The van der Waals surface area contributed by atoms with E-state index in [9.17, 15) is 9.90 Å². The predicted molar refractivity (Wildman–Crippen MR) is 77.1 cm³/mol. The van der Waals surface area contributed by atoms with Crippen LogP contribution in [0.4, 0.5) is 0 Å². The van der Waals surface area contributed by atoms with Crippen LogP contribution in [0.3, 0.4) is 0 Å². The molecule has 0 aliphatic heterocycles. The van der Waals surface area contributed by atoms with Crippen LogP contribution in [0, 0.1) is 0 Å². The Morgan fingerprint density at radius 1 is 1.11 bits per heavy atom. The maximum Gasteiger partial charge on any atom is 0.336 e. The van der Waals surface area contributed by atoms with Gasteiger partial charge in [-0.15, -0.1) is 0 Å². The molecule has 0 bridgehead atoms. The molecule has 3 rings (SSSR count). The molecule has 0 atom stereocenters. The van der Waals surface area contributed by atoms with E-state index < -0.39 is 5.97 Å². The van der Waals surface area contributed by atoms with E-state index in [1.165, 1.54) is 23.3 Å². The first-order valence-corrected chi connectivity index (χ1v) is 7.19. The molecule has 0 aliphatic carbocycles. The Morgan fingerprint density at radius 3 is 2.68 bits per heavy atom. The van der Waals surface area contributed by atoms with Crippen LogP contribution in [-0.4, -0.2) is 15.4 Å². The summed E-state index contributed by atoms with van der Waals surface area (Å²) in [6.45, 7) is 0. The molecule has 1 heterocycles. The van der Waals surface area contributed by atoms with Gasteiger partial charge in [0, 0.05) is 10.3 Å². The Bertz CT molecular complexity index is 752. The summed E-state index contributed by atoms with van der Waals surface area (Å²) < 4.78 is 5.38. The van der Waals surface area contributed by atoms with Crippen LogP contribution in [-0.2, 0) is 0 Å². The lowest BCUT2D eigenvalue weighted by atomic mass is 10.2. The van der Waals surface area contributed by atoms with E-state index in [1.54, 1.807) is 12.1 Å². The fourth-order valence-corrected chi connectivity index (χ4v) is 3.81. The fourth-order valence-electron chi connectivity index (χ4n) is 1.77. The van der Waals surface area contributed by atoms with Crippen molar-refractivity contribution in [3.63, 3.8) is 0 Å². The third kappa shape index (κ3) is 2.34. The van der Waals surface area contributed by atoms with Gasteiger partial charge in [0.15, 0.2) is 0 Å². The summed E-state index contributed by atoms with van der Waals surface area (Å²) in [5.74, 6) is -0.906. The number of fused-ring (bicyclic) bond motifs is 1. The molecule has 5 heteroatoms. The molecule has 19 heavy (non-hydrogen) atoms. The van der Waals surface area contributed by atoms with Crippen molar-refractivity contribution in [2.45, 2.75) is 9.10 Å². The van der Waals surface area contributed by atoms with Crippen molar-refractivity contribution in [3.05, 3.63) is 54.1 Å². The number of rotatable bonds is 3. The van der Waals surface area contributed by atoms with E-state index in [-0.39, 0.29) is 0 Å². The monoisotopic (exact) mass is 287 g/mol. The zero-order valence-electron chi connectivity index (χ0n) is 9.74. The molecule has 2 aromatic carbocycles. The predicted octanol–water partition coefficient (Wildman–Crippen LogP) is 4.15. The van der Waals surface area contributed by atoms with Gasteiger partial charge in [0.1, 0.15) is 0 Å². The van der Waals surface area contributed by atoms with E-state index in [4.69, 9.17) is 0 Å². The van der Waals surface area contributed by atoms with Gasteiger partial charge in [0.05, 0.1) is 15.3 Å². The molecule has 0 aliphatic rings. The summed E-state index contributed by atoms with van der Waals surface area (Å²) in [4.78, 5) is 11.9. The first-order chi connectivity index (χ1) is 9.25. The largest absolute Gasteiger partial charge is 0.478 e. The number of hydrogen-bond acceptors (Lipinski definition) is 4. The molecular formula is C14H9NO2S2. The summed E-state index contributed by atoms with van der Waals surface area (Å²) in [6.07, 6.45) is 0. The van der Waals surface area contributed by atoms with E-state index in [2.05, 4.69) is 4.37 Å². The van der Waals surface area contributed by atoms with Crippen LogP contribution in [0.15, 0.2) is 57.6 Å². The second-order valence-corrected chi connectivity index (χ2v) is 5.97. The first kappa shape index (κ1) is 12.2. The molecule has 0 radical (unpaired) electrons. The Morgan fingerprint density at radius 2 is 1.84 bits per heavy atom. The molecule has 0 saturated heterocycles. The molecule has 0 amide bonds. The summed E-state index contributed by atoms with van der Waals surface area (Å²) in [6, 6.07) is 14.9. The standard InChI is InChI=1S/C14H9NO2S2/c16-13(17)10-6-2-4-8-12(10)18-14-9-5-1-3-7-11(9)15-19-14/h1-8H,(H,16,17). The number of hydrogen-bond donors (Lipinski definition) is 1. The van der Waals surface area contributed by atoms with Gasteiger partial charge < -0.3 is 5.11 Å². The highest BCUT2D eigenvalue weighted by molar-refractivity contribution is 8.01. The van der Waals surface area contributed by atoms with Gasteiger partial charge >= 0.3 is 5.97 Å². The SMILES string of the molecule is O=C(O)c1ccccc1Sc1snc2ccccc12. The van der Waals surface area contributed by atoms with Gasteiger partial charge in [-0.1, -0.05) is 42.1 Å². The van der Waals surface area contributed by atoms with Crippen molar-refractivity contribution in [1.82, 2.24) is 4.37 Å². The lowest BCUT2D eigenvalue weighted by Crippen LogP contribution is -1.97. The lowest BCUT2D eigenvalue weighted by Gasteiger charge is -2.03. The minimum atomic E-state index is -0.906. The second-order valence-electron chi connectivity index (χ2n) is 3.89. The van der Waals surface area contributed by atoms with Gasteiger partial charge in [0.25, 0.3) is 0 Å². The van der Waals surface area contributed by atoms with Gasteiger partial charge in [-0.25, -0.2) is 4.79 Å². The van der Waals surface area contributed by atoms with Crippen LogP contribution in [0.5, 0.6) is 0 Å². The molecular weight excluding hydrogens is 278 g/mol. The third-order valence-corrected chi connectivity index (χ3v) is 4.80. The third-order valence-electron chi connectivity index (χ3n) is 2.67. The quantitative estimate of drug-likeness (QED) is 0.786. The molecule has 94 valence electrons. The minimum absolute atomic E-state index is 0.324. The second kappa shape index (κ2) is 5.03. The summed E-state index contributed by atoms with van der Waals surface area (Å²) in [7, 11) is 0. The molecule has 3 aromatic rings. The summed E-state index contributed by atoms with van der Waals surface area (Å²) in [5.41, 5.74) is 1.27. The average Bonchev–Trinajstić information content (AvgIpc) is 2.83. The number of aromatic carboxylic acids is 1. The van der Waals surface area contributed by atoms with Gasteiger partial charge in [0.2, 0.25) is 0 Å². The number of carboxylic acid groups (broad SMARTS) is 1. The van der Waals surface area contributed by atoms with Crippen molar-refractivity contribution in [3.8, 4) is 0 Å². The fraction of sp³-hybridized carbons (Fsp3) is 0. The number of aromatic nitrogens is 1. The highest BCUT2D eigenvalue weighted by Crippen LogP contribution is 2.38. The van der Waals surface area contributed by atoms with E-state index in [1.807, 2.05) is 36.4 Å². The van der Waals surface area contributed by atoms with E-state index in [0.717, 1.165) is 20.0 Å². The summed E-state index contributed by atoms with van der Waals surface area (Å²) in [5, 5.41) is 10.2. The maximum absolute atomic E-state index is 11.2. The molecule has 0 saturated carbocycles. The topological polar surface area (TPSA) is 50.2 Å². The van der Waals surface area contributed by atoms with Gasteiger partial charge in [-0.3, -0.25) is 0 Å². The highest BCUT2D eigenvalue weighted by Gasteiger charge is 2.13. The van der Waals surface area contributed by atoms with Crippen molar-refractivity contribution in [1.29, 1.82) is 0 Å². The van der Waals surface area contributed by atoms with Crippen molar-refractivity contribution in [2.24, 2.45) is 0 Å². The number of benzene rings is 2. The number of carbonyl (C=O) groups is 1. The highest BCUT2D eigenvalue weighted by atomic mass is 32.2. The van der Waals surface area contributed by atoms with Crippen LogP contribution >= 0.6 is 23.3 Å². The molecule has 0 fully saturated rings. The average molecular weight is 287 g/mol. The molecule has 1 N–H and O–H groups in total. The van der Waals surface area contributed by atoms with E-state index >= 15 is 0 Å². The zero-order valence-corrected chi connectivity index (χ0v) is 11.4. The number of nitrogens with zero attached hydrogens (tertiary/aromatic N) is 1. The van der Waals surface area contributed by atoms with Crippen molar-refractivity contribution >= 4 is 40.2 Å². The zero-order chi connectivity index (χ0) is 13.2. The molecule has 1 aromatic heterocycles. The lowest BCUT2D eigenvalue weighted by molar-refractivity contribution is 0.0693. The minimum Gasteiger partial charge on any atom is -0.478 e. The normalized spacial score (nSPS) is 10.7. The van der Waals surface area contributed by atoms with E-state index in [0.29, 0.717) is 5.56 Å². The molecule has 0 spiro atoms. The van der Waals surface area contributed by atoms with Crippen LogP contribution in [0.25, 0.3) is 10.9 Å². The molecule has 3 nitrogen and oxygen atoms in total. The Balaban J connectivity index is 2.04. The smallest absolute Gasteiger partial charge is 0.336 e. The molecule has 0 unspecified atom stereocenters. The van der Waals surface area contributed by atoms with Crippen molar-refractivity contribution in [2.75, 3.05) is 0 Å². The first-order valence-electron chi connectivity index (χ1n) is 5.60. The Hall–Kier alpha value is -1.85. The van der Waals surface area contributed by atoms with Gasteiger partial charge in [-0.05, 0) is 29.7 Å². The number of carboxylic acids is 1. The van der Waals surface area contributed by atoms with Crippen LogP contribution in [0.2, 0.25) is 0 Å². The maximum atomic E-state index is 11.2. The van der Waals surface area contributed by atoms with Gasteiger partial charge in [-0.2, -0.15) is 4.37 Å². The van der Waals surface area contributed by atoms with Crippen molar-refractivity contribution < 1.29 is 9.90 Å². The Labute approximate surface area is 118 Å².